The molecule has 0 aromatic rings. The van der Waals surface area contributed by atoms with E-state index in [4.69, 9.17) is 10.5 Å². The predicted molar refractivity (Wildman–Crippen MR) is 66.2 cm³/mol. The highest BCUT2D eigenvalue weighted by atomic mass is 16.5. The molecule has 0 radical (unpaired) electrons. The molecule has 3 rings (SSSR count). The molecule has 1 amide bonds. The summed E-state index contributed by atoms with van der Waals surface area (Å²) in [6.07, 6.45) is 2.92. The van der Waals surface area contributed by atoms with Crippen LogP contribution in [0.2, 0.25) is 0 Å². The number of hydrogen-bond acceptors (Lipinski definition) is 4. The zero-order valence-electron chi connectivity index (χ0n) is 10.7. The molecule has 1 heterocycles. The van der Waals surface area contributed by atoms with Crippen molar-refractivity contribution in [2.75, 3.05) is 13.2 Å². The lowest BCUT2D eigenvalue weighted by Crippen LogP contribution is -2.51. The molecule has 6 unspecified atom stereocenters. The summed E-state index contributed by atoms with van der Waals surface area (Å²) >= 11 is 0. The fourth-order valence-corrected chi connectivity index (χ4v) is 3.97. The Morgan fingerprint density at radius 2 is 1.95 bits per heavy atom. The van der Waals surface area contributed by atoms with Crippen molar-refractivity contribution in [3.63, 3.8) is 0 Å². The zero-order chi connectivity index (χ0) is 13.6. The van der Waals surface area contributed by atoms with Gasteiger partial charge in [-0.3, -0.25) is 9.59 Å². The molecule has 6 atom stereocenters. The quantitative estimate of drug-likeness (QED) is 0.645. The molecule has 2 bridgehead atoms. The molecule has 1 saturated heterocycles. The molecular formula is C13H20N2O4. The Morgan fingerprint density at radius 1 is 1.21 bits per heavy atom. The predicted octanol–water partition coefficient (Wildman–Crippen LogP) is -0.424. The third-order valence-electron chi connectivity index (χ3n) is 4.97. The van der Waals surface area contributed by atoms with E-state index < -0.39 is 11.9 Å². The number of carbonyl (C=O) groups is 2. The van der Waals surface area contributed by atoms with Crippen molar-refractivity contribution in [2.45, 2.75) is 31.3 Å². The van der Waals surface area contributed by atoms with Crippen molar-refractivity contribution >= 4 is 11.9 Å². The number of aliphatic carboxylic acids is 1. The molecule has 4 N–H and O–H groups in total. The van der Waals surface area contributed by atoms with Gasteiger partial charge in [0, 0.05) is 12.1 Å². The molecule has 19 heavy (non-hydrogen) atoms. The van der Waals surface area contributed by atoms with E-state index >= 15 is 0 Å². The van der Waals surface area contributed by atoms with Gasteiger partial charge in [0.1, 0.15) is 0 Å². The average molecular weight is 268 g/mol. The van der Waals surface area contributed by atoms with Gasteiger partial charge in [-0.2, -0.15) is 0 Å². The monoisotopic (exact) mass is 268 g/mol. The molecular weight excluding hydrogens is 248 g/mol. The zero-order valence-corrected chi connectivity index (χ0v) is 10.7. The van der Waals surface area contributed by atoms with E-state index in [2.05, 4.69) is 5.32 Å². The van der Waals surface area contributed by atoms with Crippen LogP contribution in [0.3, 0.4) is 0 Å². The summed E-state index contributed by atoms with van der Waals surface area (Å²) < 4.78 is 5.19. The van der Waals surface area contributed by atoms with Gasteiger partial charge in [-0.25, -0.2) is 0 Å². The third-order valence-corrected chi connectivity index (χ3v) is 4.97. The van der Waals surface area contributed by atoms with Crippen LogP contribution in [-0.4, -0.2) is 42.3 Å². The topological polar surface area (TPSA) is 102 Å². The summed E-state index contributed by atoms with van der Waals surface area (Å²) in [5, 5.41) is 12.3. The van der Waals surface area contributed by atoms with Crippen molar-refractivity contribution in [3.05, 3.63) is 0 Å². The van der Waals surface area contributed by atoms with Crippen molar-refractivity contribution in [2.24, 2.45) is 29.4 Å². The second-order valence-electron chi connectivity index (χ2n) is 6.04. The van der Waals surface area contributed by atoms with Crippen LogP contribution in [0, 0.1) is 23.7 Å². The number of nitrogens with two attached hydrogens (primary N) is 1. The number of nitrogens with one attached hydrogen (secondary N) is 1. The van der Waals surface area contributed by atoms with Gasteiger partial charge in [0.15, 0.2) is 0 Å². The summed E-state index contributed by atoms with van der Waals surface area (Å²) in [6.45, 7) is 0.739. The lowest BCUT2D eigenvalue weighted by atomic mass is 9.84. The molecule has 2 saturated carbocycles. The minimum absolute atomic E-state index is 0.145. The standard InChI is InChI=1S/C13H20N2O4/c14-9-5-19-4-8(9)12(16)15-11-7-2-1-6(3-7)10(11)13(17)18/h6-11H,1-5,14H2,(H,15,16)(H,17,18). The maximum absolute atomic E-state index is 12.2. The van der Waals surface area contributed by atoms with Crippen LogP contribution >= 0.6 is 0 Å². The number of rotatable bonds is 3. The van der Waals surface area contributed by atoms with Gasteiger partial charge < -0.3 is 20.9 Å². The van der Waals surface area contributed by atoms with Crippen molar-refractivity contribution in [1.82, 2.24) is 5.32 Å². The highest BCUT2D eigenvalue weighted by Gasteiger charge is 2.52. The molecule has 1 aliphatic heterocycles. The molecule has 6 heteroatoms. The van der Waals surface area contributed by atoms with Crippen LogP contribution in [0.1, 0.15) is 19.3 Å². The van der Waals surface area contributed by atoms with Gasteiger partial charge in [0.25, 0.3) is 0 Å². The third kappa shape index (κ3) is 2.12. The first-order chi connectivity index (χ1) is 9.08. The normalized spacial score (nSPS) is 44.5. The highest BCUT2D eigenvalue weighted by molar-refractivity contribution is 5.81. The molecule has 0 aromatic heterocycles. The number of amides is 1. The Kier molecular flexibility index (Phi) is 3.22. The summed E-state index contributed by atoms with van der Waals surface area (Å²) in [5.74, 6) is -1.16. The molecule has 3 aliphatic rings. The number of ether oxygens (including phenoxy) is 1. The summed E-state index contributed by atoms with van der Waals surface area (Å²) in [4.78, 5) is 23.6. The Morgan fingerprint density at radius 3 is 2.58 bits per heavy atom. The smallest absolute Gasteiger partial charge is 0.308 e. The maximum atomic E-state index is 12.2. The van der Waals surface area contributed by atoms with E-state index in [1.54, 1.807) is 0 Å². The van der Waals surface area contributed by atoms with E-state index in [0.717, 1.165) is 19.3 Å². The van der Waals surface area contributed by atoms with E-state index in [1.165, 1.54) is 0 Å². The van der Waals surface area contributed by atoms with Gasteiger partial charge >= 0.3 is 5.97 Å². The average Bonchev–Trinajstić information content (AvgIpc) is 3.03. The number of fused-ring (bicyclic) bond motifs is 2. The van der Waals surface area contributed by atoms with Crippen molar-refractivity contribution < 1.29 is 19.4 Å². The molecule has 3 fully saturated rings. The van der Waals surface area contributed by atoms with E-state index in [9.17, 15) is 14.7 Å². The first-order valence-corrected chi connectivity index (χ1v) is 6.94. The minimum Gasteiger partial charge on any atom is -0.481 e. The van der Waals surface area contributed by atoms with E-state index in [1.807, 2.05) is 0 Å². The summed E-state index contributed by atoms with van der Waals surface area (Å²) in [5.41, 5.74) is 5.82. The lowest BCUT2D eigenvalue weighted by Gasteiger charge is -2.30. The number of carboxylic acids is 1. The van der Waals surface area contributed by atoms with Crippen molar-refractivity contribution in [1.29, 1.82) is 0 Å². The molecule has 2 aliphatic carbocycles. The van der Waals surface area contributed by atoms with Crippen LogP contribution < -0.4 is 11.1 Å². The first kappa shape index (κ1) is 12.9. The maximum Gasteiger partial charge on any atom is 0.308 e. The Labute approximate surface area is 111 Å². The van der Waals surface area contributed by atoms with Gasteiger partial charge in [-0.05, 0) is 31.1 Å². The summed E-state index contributed by atoms with van der Waals surface area (Å²) in [7, 11) is 0. The number of carboxylic acid groups (broad SMARTS) is 1. The van der Waals surface area contributed by atoms with E-state index in [-0.39, 0.29) is 29.8 Å². The SMILES string of the molecule is NC1COCC1C(=O)NC1C2CCC(C2)C1C(=O)O. The summed E-state index contributed by atoms with van der Waals surface area (Å²) in [6, 6.07) is -0.501. The Bertz CT molecular complexity index is 400. The molecule has 106 valence electrons. The number of carbonyl (C=O) groups excluding carboxylic acids is 1. The number of hydrogen-bond donors (Lipinski definition) is 3. The van der Waals surface area contributed by atoms with Crippen LogP contribution in [0.15, 0.2) is 0 Å². The highest BCUT2D eigenvalue weighted by Crippen LogP contribution is 2.48. The minimum atomic E-state index is -0.788. The molecule has 0 spiro atoms. The first-order valence-electron chi connectivity index (χ1n) is 6.94. The van der Waals surface area contributed by atoms with Crippen LogP contribution in [-0.2, 0) is 14.3 Å². The fraction of sp³-hybridized carbons (Fsp3) is 0.846. The van der Waals surface area contributed by atoms with Gasteiger partial charge in [0.05, 0.1) is 25.0 Å². The van der Waals surface area contributed by atoms with Crippen molar-refractivity contribution in [3.8, 4) is 0 Å². The van der Waals surface area contributed by atoms with Crippen LogP contribution in [0.5, 0.6) is 0 Å². The Hall–Kier alpha value is -1.14. The second-order valence-corrected chi connectivity index (χ2v) is 6.04. The van der Waals surface area contributed by atoms with Crippen LogP contribution in [0.25, 0.3) is 0 Å². The molecule has 0 aromatic carbocycles. The second kappa shape index (κ2) is 4.76. The fourth-order valence-electron chi connectivity index (χ4n) is 3.97. The largest absolute Gasteiger partial charge is 0.481 e. The van der Waals surface area contributed by atoms with Crippen LogP contribution in [0.4, 0.5) is 0 Å². The van der Waals surface area contributed by atoms with Gasteiger partial charge in [0.2, 0.25) is 5.91 Å². The lowest BCUT2D eigenvalue weighted by molar-refractivity contribution is -0.145. The van der Waals surface area contributed by atoms with Gasteiger partial charge in [-0.1, -0.05) is 0 Å². The molecule has 6 nitrogen and oxygen atoms in total. The van der Waals surface area contributed by atoms with Gasteiger partial charge in [-0.15, -0.1) is 0 Å². The Balaban J connectivity index is 1.68. The van der Waals surface area contributed by atoms with E-state index in [0.29, 0.717) is 19.1 Å².